The first-order chi connectivity index (χ1) is 9.11. The molecular weight excluding hydrogens is 242 g/mol. The van der Waals surface area contributed by atoms with Gasteiger partial charge < -0.3 is 21.5 Å². The number of aromatic nitrogens is 2. The molecule has 0 atom stereocenters. The first-order valence-electron chi connectivity index (χ1n) is 6.96. The molecule has 2 rings (SSSR count). The van der Waals surface area contributed by atoms with Crippen LogP contribution in [0.3, 0.4) is 0 Å². The van der Waals surface area contributed by atoms with Crippen LogP contribution >= 0.6 is 0 Å². The molecule has 1 fully saturated rings. The van der Waals surface area contributed by atoms with Crippen molar-refractivity contribution < 1.29 is 5.11 Å². The van der Waals surface area contributed by atoms with Crippen molar-refractivity contribution in [1.82, 2.24) is 9.97 Å². The maximum absolute atomic E-state index is 10.4. The molecule has 0 radical (unpaired) electrons. The zero-order valence-corrected chi connectivity index (χ0v) is 11.4. The zero-order valence-electron chi connectivity index (χ0n) is 11.4. The molecule has 0 aromatic carbocycles. The summed E-state index contributed by atoms with van der Waals surface area (Å²) >= 11 is 0. The summed E-state index contributed by atoms with van der Waals surface area (Å²) in [7, 11) is 0. The van der Waals surface area contributed by atoms with Crippen LogP contribution in [0.25, 0.3) is 0 Å². The van der Waals surface area contributed by atoms with E-state index in [0.717, 1.165) is 32.2 Å². The number of anilines is 3. The van der Waals surface area contributed by atoms with E-state index in [2.05, 4.69) is 20.6 Å². The lowest BCUT2D eigenvalue weighted by molar-refractivity contribution is 0.0166. The van der Waals surface area contributed by atoms with E-state index in [1.54, 1.807) is 0 Å². The lowest BCUT2D eigenvalue weighted by atomic mass is 9.85. The van der Waals surface area contributed by atoms with Crippen LogP contribution in [0.2, 0.25) is 0 Å². The summed E-state index contributed by atoms with van der Waals surface area (Å²) in [6.45, 7) is 3.28. The van der Waals surface area contributed by atoms with Crippen LogP contribution in [-0.4, -0.2) is 33.8 Å². The molecular formula is C13H23N5O. The first-order valence-corrected chi connectivity index (χ1v) is 6.96. The van der Waals surface area contributed by atoms with Gasteiger partial charge in [-0.2, -0.15) is 9.97 Å². The highest BCUT2D eigenvalue weighted by Crippen LogP contribution is 2.28. The summed E-state index contributed by atoms with van der Waals surface area (Å²) in [5.41, 5.74) is 5.05. The van der Waals surface area contributed by atoms with Crippen LogP contribution in [0.5, 0.6) is 0 Å². The second kappa shape index (κ2) is 6.06. The molecule has 1 heterocycles. The molecule has 1 aliphatic rings. The number of nitrogen functional groups attached to an aromatic ring is 1. The van der Waals surface area contributed by atoms with E-state index in [0.29, 0.717) is 18.2 Å². The lowest BCUT2D eigenvalue weighted by Crippen LogP contribution is -2.39. The van der Waals surface area contributed by atoms with Crippen LogP contribution in [-0.2, 0) is 0 Å². The Labute approximate surface area is 113 Å². The van der Waals surface area contributed by atoms with Crippen LogP contribution in [0.4, 0.5) is 17.6 Å². The van der Waals surface area contributed by atoms with Gasteiger partial charge in [-0.25, -0.2) is 0 Å². The SMILES string of the molecule is CCNc1cc(NCC2(O)CCCCC2)nc(N)n1. The highest BCUT2D eigenvalue weighted by atomic mass is 16.3. The molecule has 6 nitrogen and oxygen atoms in total. The van der Waals surface area contributed by atoms with E-state index in [1.807, 2.05) is 13.0 Å². The Hall–Kier alpha value is -1.56. The van der Waals surface area contributed by atoms with Gasteiger partial charge in [-0.05, 0) is 19.8 Å². The van der Waals surface area contributed by atoms with Crippen LogP contribution in [0, 0.1) is 0 Å². The average molecular weight is 265 g/mol. The molecule has 0 unspecified atom stereocenters. The second-order valence-electron chi connectivity index (χ2n) is 5.17. The predicted molar refractivity (Wildman–Crippen MR) is 77.1 cm³/mol. The molecule has 1 saturated carbocycles. The van der Waals surface area contributed by atoms with Gasteiger partial charge in [-0.3, -0.25) is 0 Å². The topological polar surface area (TPSA) is 96.1 Å². The fourth-order valence-electron chi connectivity index (χ4n) is 2.47. The minimum atomic E-state index is -0.615. The highest BCUT2D eigenvalue weighted by Gasteiger charge is 2.28. The minimum Gasteiger partial charge on any atom is -0.388 e. The number of aliphatic hydroxyl groups is 1. The first kappa shape index (κ1) is 13.9. The molecule has 6 heteroatoms. The maximum atomic E-state index is 10.4. The molecule has 5 N–H and O–H groups in total. The summed E-state index contributed by atoms with van der Waals surface area (Å²) in [4.78, 5) is 8.22. The summed E-state index contributed by atoms with van der Waals surface area (Å²) in [6.07, 6.45) is 5.09. The van der Waals surface area contributed by atoms with Gasteiger partial charge in [0.15, 0.2) is 0 Å². The highest BCUT2D eigenvalue weighted by molar-refractivity contribution is 5.51. The van der Waals surface area contributed by atoms with Gasteiger partial charge in [0.05, 0.1) is 5.60 Å². The van der Waals surface area contributed by atoms with E-state index >= 15 is 0 Å². The zero-order chi connectivity index (χ0) is 13.7. The average Bonchev–Trinajstić information content (AvgIpc) is 2.37. The second-order valence-corrected chi connectivity index (χ2v) is 5.17. The molecule has 0 bridgehead atoms. The third-order valence-electron chi connectivity index (χ3n) is 3.48. The third kappa shape index (κ3) is 3.96. The summed E-state index contributed by atoms with van der Waals surface area (Å²) in [5, 5.41) is 16.7. The molecule has 1 aromatic rings. The number of nitrogens with two attached hydrogens (primary N) is 1. The number of nitrogens with one attached hydrogen (secondary N) is 2. The Morgan fingerprint density at radius 2 is 1.84 bits per heavy atom. The van der Waals surface area contributed by atoms with Crippen molar-refractivity contribution in [3.05, 3.63) is 6.07 Å². The Morgan fingerprint density at radius 1 is 1.21 bits per heavy atom. The smallest absolute Gasteiger partial charge is 0.223 e. The Bertz CT molecular complexity index is 417. The van der Waals surface area contributed by atoms with Crippen LogP contribution in [0.1, 0.15) is 39.0 Å². The summed E-state index contributed by atoms with van der Waals surface area (Å²) < 4.78 is 0. The summed E-state index contributed by atoms with van der Waals surface area (Å²) in [6, 6.07) is 1.81. The lowest BCUT2D eigenvalue weighted by Gasteiger charge is -2.32. The third-order valence-corrected chi connectivity index (χ3v) is 3.48. The van der Waals surface area contributed by atoms with E-state index in [-0.39, 0.29) is 5.95 Å². The van der Waals surface area contributed by atoms with E-state index in [1.165, 1.54) is 6.42 Å². The van der Waals surface area contributed by atoms with Crippen molar-refractivity contribution >= 4 is 17.6 Å². The van der Waals surface area contributed by atoms with Gasteiger partial charge in [-0.1, -0.05) is 19.3 Å². The van der Waals surface area contributed by atoms with E-state index in [4.69, 9.17) is 5.73 Å². The van der Waals surface area contributed by atoms with E-state index < -0.39 is 5.60 Å². The largest absolute Gasteiger partial charge is 0.388 e. The maximum Gasteiger partial charge on any atom is 0.223 e. The standard InChI is InChI=1S/C13H23N5O/c1-2-15-10-8-11(18-12(14)17-10)16-9-13(19)6-4-3-5-7-13/h8,19H,2-7,9H2,1H3,(H4,14,15,16,17,18). The number of hydrogen-bond acceptors (Lipinski definition) is 6. The van der Waals surface area contributed by atoms with Crippen molar-refractivity contribution in [2.75, 3.05) is 29.5 Å². The molecule has 0 spiro atoms. The Kier molecular flexibility index (Phi) is 4.42. The van der Waals surface area contributed by atoms with Crippen molar-refractivity contribution in [3.63, 3.8) is 0 Å². The van der Waals surface area contributed by atoms with Crippen LogP contribution in [0.15, 0.2) is 6.07 Å². The predicted octanol–water partition coefficient (Wildman–Crippen LogP) is 1.60. The Balaban J connectivity index is 1.98. The van der Waals surface area contributed by atoms with Gasteiger partial charge in [0.25, 0.3) is 0 Å². The monoisotopic (exact) mass is 265 g/mol. The van der Waals surface area contributed by atoms with Gasteiger partial charge in [0, 0.05) is 19.2 Å². The van der Waals surface area contributed by atoms with Gasteiger partial charge in [0.1, 0.15) is 11.6 Å². The molecule has 0 saturated heterocycles. The van der Waals surface area contributed by atoms with Crippen molar-refractivity contribution in [2.45, 2.75) is 44.6 Å². The molecule has 1 aliphatic carbocycles. The van der Waals surface area contributed by atoms with Crippen molar-refractivity contribution in [2.24, 2.45) is 0 Å². The number of hydrogen-bond donors (Lipinski definition) is 4. The molecule has 106 valence electrons. The number of nitrogens with zero attached hydrogens (tertiary/aromatic N) is 2. The van der Waals surface area contributed by atoms with Gasteiger partial charge >= 0.3 is 0 Å². The molecule has 1 aromatic heterocycles. The Morgan fingerprint density at radius 3 is 2.47 bits per heavy atom. The fourth-order valence-corrected chi connectivity index (χ4v) is 2.47. The molecule has 0 amide bonds. The van der Waals surface area contributed by atoms with Crippen molar-refractivity contribution in [3.8, 4) is 0 Å². The van der Waals surface area contributed by atoms with E-state index in [9.17, 15) is 5.11 Å². The summed E-state index contributed by atoms with van der Waals surface area (Å²) in [5.74, 6) is 1.59. The van der Waals surface area contributed by atoms with Crippen molar-refractivity contribution in [1.29, 1.82) is 0 Å². The molecule has 19 heavy (non-hydrogen) atoms. The number of rotatable bonds is 5. The van der Waals surface area contributed by atoms with Gasteiger partial charge in [-0.15, -0.1) is 0 Å². The normalized spacial score (nSPS) is 18.0. The van der Waals surface area contributed by atoms with Gasteiger partial charge in [0.2, 0.25) is 5.95 Å². The minimum absolute atomic E-state index is 0.233. The van der Waals surface area contributed by atoms with Crippen LogP contribution < -0.4 is 16.4 Å². The molecule has 0 aliphatic heterocycles. The quantitative estimate of drug-likeness (QED) is 0.646. The fraction of sp³-hybridized carbons (Fsp3) is 0.692.